The molecule has 0 bridgehead atoms. The van der Waals surface area contributed by atoms with Crippen LogP contribution in [0.5, 0.6) is 0 Å². The second-order valence-corrected chi connectivity index (χ2v) is 13.7. The van der Waals surface area contributed by atoms with Crippen molar-refractivity contribution in [2.75, 3.05) is 27.8 Å². The molecule has 11 nitrogen and oxygen atoms in total. The lowest BCUT2D eigenvalue weighted by Crippen LogP contribution is -2.49. The minimum Gasteiger partial charge on any atom is -0.445 e. The molecule has 1 heterocycles. The Morgan fingerprint density at radius 3 is 2.10 bits per heavy atom. The Labute approximate surface area is 289 Å². The average molecular weight is 684 g/mol. The number of allylic oxidation sites excluding steroid dienone is 3. The number of hydrogen-bond donors (Lipinski definition) is 4. The number of aliphatic hydroxyl groups excluding tert-OH is 3. The number of methoxy groups -OCH3 is 2. The summed E-state index contributed by atoms with van der Waals surface area (Å²) in [5, 5.41) is 32.2. The molecule has 0 radical (unpaired) electrons. The number of ether oxygens (including phenoxy) is 6. The van der Waals surface area contributed by atoms with E-state index in [1.165, 1.54) is 0 Å². The summed E-state index contributed by atoms with van der Waals surface area (Å²) in [6.45, 7) is 19.5. The monoisotopic (exact) mass is 683 g/mol. The van der Waals surface area contributed by atoms with Crippen molar-refractivity contribution in [3.8, 4) is 0 Å². The molecule has 0 unspecified atom stereocenters. The number of primary amides is 1. The van der Waals surface area contributed by atoms with Crippen molar-refractivity contribution >= 4 is 6.09 Å². The van der Waals surface area contributed by atoms with E-state index in [4.69, 9.17) is 34.2 Å². The number of carbonyl (C=O) groups excluding carboxylic acids is 1. The first-order valence-corrected chi connectivity index (χ1v) is 17.1. The lowest BCUT2D eigenvalue weighted by Gasteiger charge is -2.41. The maximum Gasteiger partial charge on any atom is 0.404 e. The highest BCUT2D eigenvalue weighted by Crippen LogP contribution is 2.33. The maximum atomic E-state index is 11.6. The SMILES string of the molecule is C=CC=C[C@H](C)[C@H](OC(N)=O)[C@@H](C)[C@H](O)[C@@H](C)CC(C)=C[C@H](C)[C@@H](OCOC)[C@@H](C)C=C[C@H](C[C@@H]1O[C@@H](O)[C@H](C)[C@@H](O)[C@H]1C)OCOC. The Morgan fingerprint density at radius 1 is 0.917 bits per heavy atom. The fraction of sp³-hybridized carbons (Fsp3) is 0.757. The van der Waals surface area contributed by atoms with Crippen LogP contribution in [-0.2, 0) is 28.4 Å². The molecule has 48 heavy (non-hydrogen) atoms. The molecule has 1 amide bonds. The van der Waals surface area contributed by atoms with Gasteiger partial charge in [-0.3, -0.25) is 0 Å². The van der Waals surface area contributed by atoms with Crippen molar-refractivity contribution in [3.05, 3.63) is 48.6 Å². The Morgan fingerprint density at radius 2 is 1.52 bits per heavy atom. The summed E-state index contributed by atoms with van der Waals surface area (Å²) in [7, 11) is 3.14. The zero-order valence-electron chi connectivity index (χ0n) is 30.9. The Hall–Kier alpha value is -2.09. The standard InChI is InChI=1S/C37H65NO10/c1-12-13-14-23(3)35(48-37(38)42)28(8)32(39)25(5)17-22(2)18-26(6)34(46-21-44-11)24(4)15-16-30(45-20-43-10)19-31-27(7)33(40)29(9)36(41)47-31/h12-16,18,23-36,39-41H,1,17,19-21H2,2-11H3,(H2,38,42)/t23-,24-,25-,26-,27-,28-,29+,30+,31-,32+,33-,34-,35-,36+/m0/s1. The van der Waals surface area contributed by atoms with Gasteiger partial charge in [-0.05, 0) is 19.3 Å². The van der Waals surface area contributed by atoms with E-state index in [0.717, 1.165) is 5.57 Å². The molecule has 1 aliphatic rings. The fourth-order valence-corrected chi connectivity index (χ4v) is 6.63. The molecule has 5 N–H and O–H groups in total. The third kappa shape index (κ3) is 14.4. The Bertz CT molecular complexity index is 1020. The van der Waals surface area contributed by atoms with E-state index in [2.05, 4.69) is 26.5 Å². The van der Waals surface area contributed by atoms with E-state index in [1.807, 2.05) is 52.8 Å². The van der Waals surface area contributed by atoms with Crippen LogP contribution in [0.15, 0.2) is 48.6 Å². The first-order chi connectivity index (χ1) is 22.6. The summed E-state index contributed by atoms with van der Waals surface area (Å²) in [6, 6.07) is 0. The molecule has 14 atom stereocenters. The fourth-order valence-electron chi connectivity index (χ4n) is 6.63. The van der Waals surface area contributed by atoms with Gasteiger partial charge in [-0.2, -0.15) is 0 Å². The van der Waals surface area contributed by atoms with Gasteiger partial charge >= 0.3 is 6.09 Å². The van der Waals surface area contributed by atoms with Crippen LogP contribution in [0.25, 0.3) is 0 Å². The van der Waals surface area contributed by atoms with E-state index >= 15 is 0 Å². The molecular weight excluding hydrogens is 618 g/mol. The van der Waals surface area contributed by atoms with Crippen molar-refractivity contribution in [3.63, 3.8) is 0 Å². The molecule has 0 aromatic heterocycles. The summed E-state index contributed by atoms with van der Waals surface area (Å²) in [5.41, 5.74) is 6.45. The second kappa shape index (κ2) is 22.6. The normalized spacial score (nSPS) is 27.9. The summed E-state index contributed by atoms with van der Waals surface area (Å²) in [6.07, 6.45) is 7.55. The minimum absolute atomic E-state index is 0.0107. The molecule has 1 rings (SSSR count). The molecule has 1 fully saturated rings. The van der Waals surface area contributed by atoms with Gasteiger partial charge in [0.1, 0.15) is 19.7 Å². The number of aliphatic hydroxyl groups is 3. The third-order valence-corrected chi connectivity index (χ3v) is 9.49. The number of carbonyl (C=O) groups is 1. The summed E-state index contributed by atoms with van der Waals surface area (Å²) < 4.78 is 33.8. The second-order valence-electron chi connectivity index (χ2n) is 13.7. The van der Waals surface area contributed by atoms with E-state index in [-0.39, 0.29) is 67.2 Å². The van der Waals surface area contributed by atoms with Gasteiger partial charge in [0, 0.05) is 56.1 Å². The molecular formula is C37H65NO10. The molecule has 1 aliphatic heterocycles. The van der Waals surface area contributed by atoms with Gasteiger partial charge in [0.2, 0.25) is 0 Å². The number of hydrogen-bond acceptors (Lipinski definition) is 10. The van der Waals surface area contributed by atoms with Gasteiger partial charge in [-0.1, -0.05) is 97.1 Å². The van der Waals surface area contributed by atoms with Gasteiger partial charge in [0.05, 0.1) is 30.5 Å². The van der Waals surface area contributed by atoms with Crippen LogP contribution in [0.2, 0.25) is 0 Å². The topological polar surface area (TPSA) is 159 Å². The maximum absolute atomic E-state index is 11.6. The molecule has 11 heteroatoms. The number of amides is 1. The summed E-state index contributed by atoms with van der Waals surface area (Å²) >= 11 is 0. The molecule has 0 saturated carbocycles. The lowest BCUT2D eigenvalue weighted by atomic mass is 9.81. The largest absolute Gasteiger partial charge is 0.445 e. The van der Waals surface area contributed by atoms with Crippen LogP contribution in [-0.4, -0.2) is 92.1 Å². The van der Waals surface area contributed by atoms with Gasteiger partial charge in [0.15, 0.2) is 6.29 Å². The van der Waals surface area contributed by atoms with Crippen LogP contribution >= 0.6 is 0 Å². The molecule has 278 valence electrons. The molecule has 1 saturated heterocycles. The van der Waals surface area contributed by atoms with E-state index in [0.29, 0.717) is 12.8 Å². The van der Waals surface area contributed by atoms with Crippen molar-refractivity contribution in [1.82, 2.24) is 0 Å². The smallest absolute Gasteiger partial charge is 0.404 e. The first kappa shape index (κ1) is 43.9. The Balaban J connectivity index is 3.07. The molecule has 0 spiro atoms. The summed E-state index contributed by atoms with van der Waals surface area (Å²) in [4.78, 5) is 11.6. The first-order valence-electron chi connectivity index (χ1n) is 17.1. The zero-order chi connectivity index (χ0) is 36.6. The Kier molecular flexibility index (Phi) is 20.7. The van der Waals surface area contributed by atoms with E-state index in [1.54, 1.807) is 33.3 Å². The molecule has 0 aliphatic carbocycles. The number of nitrogens with two attached hydrogens (primary N) is 1. The van der Waals surface area contributed by atoms with Gasteiger partial charge in [0.25, 0.3) is 0 Å². The summed E-state index contributed by atoms with van der Waals surface area (Å²) in [5.74, 6) is -1.28. The van der Waals surface area contributed by atoms with Crippen LogP contribution < -0.4 is 5.73 Å². The highest BCUT2D eigenvalue weighted by atomic mass is 16.7. The van der Waals surface area contributed by atoms with Crippen LogP contribution in [0.3, 0.4) is 0 Å². The van der Waals surface area contributed by atoms with Crippen molar-refractivity contribution in [1.29, 1.82) is 0 Å². The third-order valence-electron chi connectivity index (χ3n) is 9.49. The zero-order valence-corrected chi connectivity index (χ0v) is 30.9. The predicted octanol–water partition coefficient (Wildman–Crippen LogP) is 5.35. The highest BCUT2D eigenvalue weighted by molar-refractivity contribution is 5.64. The molecule has 0 aromatic carbocycles. The molecule has 0 aromatic rings. The van der Waals surface area contributed by atoms with Gasteiger partial charge < -0.3 is 49.5 Å². The minimum atomic E-state index is -1.05. The van der Waals surface area contributed by atoms with Crippen LogP contribution in [0.4, 0.5) is 4.79 Å². The lowest BCUT2D eigenvalue weighted by molar-refractivity contribution is -0.247. The average Bonchev–Trinajstić information content (AvgIpc) is 3.04. The van der Waals surface area contributed by atoms with Crippen LogP contribution in [0, 0.1) is 41.4 Å². The van der Waals surface area contributed by atoms with Crippen molar-refractivity contribution < 1.29 is 48.5 Å². The van der Waals surface area contributed by atoms with Crippen molar-refractivity contribution in [2.24, 2.45) is 47.2 Å². The van der Waals surface area contributed by atoms with Gasteiger partial charge in [-0.15, -0.1) is 0 Å². The predicted molar refractivity (Wildman–Crippen MR) is 186 cm³/mol. The van der Waals surface area contributed by atoms with Crippen molar-refractivity contribution in [2.45, 2.75) is 111 Å². The highest BCUT2D eigenvalue weighted by Gasteiger charge is 2.40. The quantitative estimate of drug-likeness (QED) is 0.0666. The van der Waals surface area contributed by atoms with Crippen LogP contribution in [0.1, 0.15) is 68.2 Å². The van der Waals surface area contributed by atoms with Gasteiger partial charge in [-0.25, -0.2) is 4.79 Å². The number of rotatable bonds is 22. The van der Waals surface area contributed by atoms with E-state index in [9.17, 15) is 20.1 Å². The van der Waals surface area contributed by atoms with E-state index < -0.39 is 36.8 Å².